The molecule has 1 rings (SSSR count). The Labute approximate surface area is 80.7 Å². The fourth-order valence-corrected chi connectivity index (χ4v) is 1.65. The zero-order valence-electron chi connectivity index (χ0n) is 6.50. The van der Waals surface area contributed by atoms with E-state index < -0.39 is 0 Å². The monoisotopic (exact) mass is 200 g/mol. The van der Waals surface area contributed by atoms with Crippen molar-refractivity contribution >= 4 is 35.3 Å². The second-order valence-corrected chi connectivity index (χ2v) is 3.56. The Bertz CT molecular complexity index is 278. The van der Waals surface area contributed by atoms with Crippen LogP contribution in [0.1, 0.15) is 21.7 Å². The molecule has 0 N–H and O–H groups in total. The molecule has 1 nitrogen and oxygen atoms in total. The highest BCUT2D eigenvalue weighted by Crippen LogP contribution is 2.15. The lowest BCUT2D eigenvalue weighted by Crippen LogP contribution is -1.75. The number of thiophene rings is 1. The molecule has 0 saturated heterocycles. The highest BCUT2D eigenvalue weighted by atomic mass is 35.5. The second kappa shape index (κ2) is 5.12. The summed E-state index contributed by atoms with van der Waals surface area (Å²) < 4.78 is 0. The zero-order chi connectivity index (χ0) is 8.81. The molecule has 3 heteroatoms. The molecule has 0 amide bonds. The van der Waals surface area contributed by atoms with E-state index in [0.29, 0.717) is 5.88 Å². The maximum Gasteiger partial charge on any atom is 0.160 e. The number of carbonyl (C=O) groups is 1. The van der Waals surface area contributed by atoms with Gasteiger partial charge in [0.1, 0.15) is 0 Å². The molecule has 0 aliphatic rings. The third kappa shape index (κ3) is 2.47. The molecule has 0 spiro atoms. The van der Waals surface area contributed by atoms with Gasteiger partial charge in [-0.1, -0.05) is 12.2 Å². The highest BCUT2D eigenvalue weighted by Gasteiger charge is 1.97. The molecule has 64 valence electrons. The number of hydrogen-bond acceptors (Lipinski definition) is 2. The number of alkyl halides is 1. The Kier molecular flexibility index (Phi) is 4.05. The average Bonchev–Trinajstić information content (AvgIpc) is 2.52. The molecule has 1 heterocycles. The zero-order valence-corrected chi connectivity index (χ0v) is 8.07. The van der Waals surface area contributed by atoms with Crippen molar-refractivity contribution < 1.29 is 4.79 Å². The summed E-state index contributed by atoms with van der Waals surface area (Å²) >= 11 is 6.95. The molecule has 1 aromatic rings. The van der Waals surface area contributed by atoms with Gasteiger partial charge in [0, 0.05) is 5.88 Å². The first-order valence-electron chi connectivity index (χ1n) is 3.63. The van der Waals surface area contributed by atoms with E-state index in [4.69, 9.17) is 11.6 Å². The van der Waals surface area contributed by atoms with Crippen LogP contribution in [-0.4, -0.2) is 12.2 Å². The van der Waals surface area contributed by atoms with Crippen molar-refractivity contribution in [2.24, 2.45) is 0 Å². The fourth-order valence-electron chi connectivity index (χ4n) is 0.838. The maximum atomic E-state index is 10.5. The molecule has 0 aromatic carbocycles. The minimum Gasteiger partial charge on any atom is -0.297 e. The van der Waals surface area contributed by atoms with Gasteiger partial charge in [-0.25, -0.2) is 0 Å². The van der Waals surface area contributed by atoms with Crippen LogP contribution in [0.2, 0.25) is 0 Å². The van der Waals surface area contributed by atoms with Gasteiger partial charge in [0.25, 0.3) is 0 Å². The molecular weight excluding hydrogens is 192 g/mol. The molecule has 1 aromatic heterocycles. The van der Waals surface area contributed by atoms with E-state index in [1.165, 1.54) is 11.3 Å². The van der Waals surface area contributed by atoms with Crippen LogP contribution >= 0.6 is 22.9 Å². The van der Waals surface area contributed by atoms with Crippen molar-refractivity contribution in [3.63, 3.8) is 0 Å². The van der Waals surface area contributed by atoms with E-state index in [1.807, 2.05) is 23.6 Å². The van der Waals surface area contributed by atoms with Gasteiger partial charge in [-0.3, -0.25) is 4.79 Å². The molecule has 12 heavy (non-hydrogen) atoms. The SMILES string of the molecule is O=Cc1sccc1C=CCCCl. The van der Waals surface area contributed by atoms with Crippen LogP contribution in [0.5, 0.6) is 0 Å². The van der Waals surface area contributed by atoms with Gasteiger partial charge in [0.05, 0.1) is 4.88 Å². The van der Waals surface area contributed by atoms with Crippen molar-refractivity contribution in [2.45, 2.75) is 6.42 Å². The van der Waals surface area contributed by atoms with Gasteiger partial charge in [0.2, 0.25) is 0 Å². The Hall–Kier alpha value is -0.600. The summed E-state index contributed by atoms with van der Waals surface area (Å²) in [6, 6.07) is 1.93. The van der Waals surface area contributed by atoms with E-state index in [0.717, 1.165) is 23.1 Å². The average molecular weight is 201 g/mol. The van der Waals surface area contributed by atoms with Gasteiger partial charge in [-0.15, -0.1) is 22.9 Å². The Morgan fingerprint density at radius 1 is 1.58 bits per heavy atom. The third-order valence-corrected chi connectivity index (χ3v) is 2.48. The molecule has 0 unspecified atom stereocenters. The van der Waals surface area contributed by atoms with Gasteiger partial charge >= 0.3 is 0 Å². The predicted octanol–water partition coefficient (Wildman–Crippen LogP) is 3.20. The molecule has 0 fully saturated rings. The first kappa shape index (κ1) is 9.49. The van der Waals surface area contributed by atoms with Crippen molar-refractivity contribution in [2.75, 3.05) is 5.88 Å². The predicted molar refractivity (Wildman–Crippen MR) is 54.1 cm³/mol. The van der Waals surface area contributed by atoms with Crippen LogP contribution in [-0.2, 0) is 0 Å². The Morgan fingerprint density at radius 3 is 3.08 bits per heavy atom. The molecule has 0 aliphatic carbocycles. The lowest BCUT2D eigenvalue weighted by molar-refractivity contribution is 0.112. The lowest BCUT2D eigenvalue weighted by atomic mass is 10.2. The smallest absolute Gasteiger partial charge is 0.160 e. The quantitative estimate of drug-likeness (QED) is 0.539. The molecule has 0 aliphatic heterocycles. The van der Waals surface area contributed by atoms with Gasteiger partial charge in [0.15, 0.2) is 6.29 Å². The minimum atomic E-state index is 0.622. The van der Waals surface area contributed by atoms with Crippen molar-refractivity contribution in [1.82, 2.24) is 0 Å². The van der Waals surface area contributed by atoms with Crippen LogP contribution in [0.3, 0.4) is 0 Å². The van der Waals surface area contributed by atoms with Crippen LogP contribution in [0.25, 0.3) is 6.08 Å². The van der Waals surface area contributed by atoms with Crippen molar-refractivity contribution in [3.8, 4) is 0 Å². The summed E-state index contributed by atoms with van der Waals surface area (Å²) in [6.07, 6.45) is 5.63. The standard InChI is InChI=1S/C9H9ClOS/c10-5-2-1-3-8-4-6-12-9(8)7-11/h1,3-4,6-7H,2,5H2. The Morgan fingerprint density at radius 2 is 2.42 bits per heavy atom. The minimum absolute atomic E-state index is 0.622. The highest BCUT2D eigenvalue weighted by molar-refractivity contribution is 7.11. The van der Waals surface area contributed by atoms with Crippen LogP contribution in [0.15, 0.2) is 17.5 Å². The summed E-state index contributed by atoms with van der Waals surface area (Å²) in [5.41, 5.74) is 0.986. The van der Waals surface area contributed by atoms with E-state index in [1.54, 1.807) is 0 Å². The van der Waals surface area contributed by atoms with Crippen molar-refractivity contribution in [3.05, 3.63) is 28.0 Å². The van der Waals surface area contributed by atoms with Gasteiger partial charge in [-0.2, -0.15) is 0 Å². The number of halogens is 1. The van der Waals surface area contributed by atoms with Crippen LogP contribution in [0, 0.1) is 0 Å². The van der Waals surface area contributed by atoms with Crippen LogP contribution < -0.4 is 0 Å². The summed E-state index contributed by atoms with van der Waals surface area (Å²) in [5.74, 6) is 0.622. The molecule has 0 atom stereocenters. The van der Waals surface area contributed by atoms with Crippen LogP contribution in [0.4, 0.5) is 0 Å². The Balaban J connectivity index is 2.67. The normalized spacial score (nSPS) is 10.8. The topological polar surface area (TPSA) is 17.1 Å². The fraction of sp³-hybridized carbons (Fsp3) is 0.222. The lowest BCUT2D eigenvalue weighted by Gasteiger charge is -1.87. The number of allylic oxidation sites excluding steroid dienone is 1. The second-order valence-electron chi connectivity index (χ2n) is 2.24. The van der Waals surface area contributed by atoms with Gasteiger partial charge in [-0.05, 0) is 23.4 Å². The number of carbonyl (C=O) groups excluding carboxylic acids is 1. The molecule has 0 radical (unpaired) electrons. The summed E-state index contributed by atoms with van der Waals surface area (Å²) in [7, 11) is 0. The largest absolute Gasteiger partial charge is 0.297 e. The first-order chi connectivity index (χ1) is 5.88. The summed E-state index contributed by atoms with van der Waals surface area (Å²) in [6.45, 7) is 0. The van der Waals surface area contributed by atoms with Crippen molar-refractivity contribution in [1.29, 1.82) is 0 Å². The molecular formula is C9H9ClOS. The number of rotatable bonds is 4. The number of aldehydes is 1. The van der Waals surface area contributed by atoms with E-state index in [9.17, 15) is 4.79 Å². The summed E-state index contributed by atoms with van der Waals surface area (Å²) in [4.78, 5) is 11.3. The van der Waals surface area contributed by atoms with E-state index in [2.05, 4.69) is 0 Å². The maximum absolute atomic E-state index is 10.5. The molecule has 0 saturated carbocycles. The first-order valence-corrected chi connectivity index (χ1v) is 5.05. The molecule has 0 bridgehead atoms. The van der Waals surface area contributed by atoms with Gasteiger partial charge < -0.3 is 0 Å². The number of hydrogen-bond donors (Lipinski definition) is 0. The van der Waals surface area contributed by atoms with E-state index in [-0.39, 0.29) is 0 Å². The third-order valence-electron chi connectivity index (χ3n) is 1.41. The summed E-state index contributed by atoms with van der Waals surface area (Å²) in [5, 5.41) is 1.91. The van der Waals surface area contributed by atoms with E-state index >= 15 is 0 Å².